The van der Waals surface area contributed by atoms with E-state index in [-0.39, 0.29) is 17.6 Å². The van der Waals surface area contributed by atoms with Crippen LogP contribution in [0.1, 0.15) is 44.9 Å². The van der Waals surface area contributed by atoms with E-state index in [0.29, 0.717) is 35.7 Å². The molecule has 1 saturated heterocycles. The molecule has 1 aliphatic rings. The summed E-state index contributed by atoms with van der Waals surface area (Å²) < 4.78 is 12.4. The molecule has 0 saturated carbocycles. The van der Waals surface area contributed by atoms with Gasteiger partial charge in [-0.1, -0.05) is 6.07 Å². The minimum atomic E-state index is -0.250. The summed E-state index contributed by atoms with van der Waals surface area (Å²) in [6.07, 6.45) is 1.54. The second-order valence-corrected chi connectivity index (χ2v) is 8.41. The normalized spacial score (nSPS) is 15.9. The van der Waals surface area contributed by atoms with Crippen molar-refractivity contribution in [1.29, 1.82) is 0 Å². The van der Waals surface area contributed by atoms with Crippen LogP contribution in [0, 0.1) is 19.8 Å². The zero-order valence-electron chi connectivity index (χ0n) is 19.5. The average molecular weight is 448 g/mol. The number of piperidine rings is 1. The van der Waals surface area contributed by atoms with Gasteiger partial charge in [-0.2, -0.15) is 5.10 Å². The van der Waals surface area contributed by atoms with Gasteiger partial charge in [0.15, 0.2) is 17.3 Å². The van der Waals surface area contributed by atoms with Crippen LogP contribution in [0.15, 0.2) is 48.5 Å². The van der Waals surface area contributed by atoms with Gasteiger partial charge in [0.2, 0.25) is 0 Å². The molecule has 1 aromatic heterocycles. The summed E-state index contributed by atoms with van der Waals surface area (Å²) in [7, 11) is 3.11. The lowest BCUT2D eigenvalue weighted by molar-refractivity contribution is 0.0637. The van der Waals surface area contributed by atoms with Gasteiger partial charge in [-0.25, -0.2) is 4.68 Å². The van der Waals surface area contributed by atoms with E-state index in [1.54, 1.807) is 37.3 Å². The third kappa shape index (κ3) is 4.62. The van der Waals surface area contributed by atoms with E-state index >= 15 is 0 Å². The molecule has 7 nitrogen and oxygen atoms in total. The number of nitrogens with zero attached hydrogens (tertiary/aromatic N) is 3. The molecular formula is C26H29N3O4. The Labute approximate surface area is 193 Å². The van der Waals surface area contributed by atoms with E-state index in [2.05, 4.69) is 5.10 Å². The molecule has 0 unspecified atom stereocenters. The van der Waals surface area contributed by atoms with Crippen LogP contribution >= 0.6 is 0 Å². The molecule has 0 bridgehead atoms. The number of ether oxygens (including phenoxy) is 2. The van der Waals surface area contributed by atoms with Crippen LogP contribution in [0.5, 0.6) is 11.5 Å². The molecule has 1 amide bonds. The monoisotopic (exact) mass is 447 g/mol. The predicted octanol–water partition coefficient (Wildman–Crippen LogP) is 4.24. The number of hydrogen-bond acceptors (Lipinski definition) is 5. The Balaban J connectivity index is 1.52. The highest BCUT2D eigenvalue weighted by Crippen LogP contribution is 2.30. The number of hydrogen-bond donors (Lipinski definition) is 0. The van der Waals surface area contributed by atoms with Crippen LogP contribution in [-0.4, -0.2) is 53.7 Å². The fraction of sp³-hybridized carbons (Fsp3) is 0.346. The number of carbonyl (C=O) groups is 2. The first-order valence-corrected chi connectivity index (χ1v) is 11.1. The van der Waals surface area contributed by atoms with Crippen molar-refractivity contribution in [3.8, 4) is 17.2 Å². The highest BCUT2D eigenvalue weighted by molar-refractivity contribution is 6.00. The molecule has 0 aliphatic carbocycles. The number of amides is 1. The molecule has 0 radical (unpaired) electrons. The Bertz CT molecular complexity index is 1180. The zero-order chi connectivity index (χ0) is 23.5. The van der Waals surface area contributed by atoms with E-state index in [9.17, 15) is 9.59 Å². The van der Waals surface area contributed by atoms with Crippen LogP contribution in [0.25, 0.3) is 5.69 Å². The standard InChI is InChI=1S/C26H29N3O4/c1-17-13-18(2)29(27-17)22-9-5-7-20(14-22)26(31)28-12-6-8-21(16-28)25(30)19-10-11-23(32-3)24(15-19)33-4/h5,7,9-11,13-15,21H,6,8,12,16H2,1-4H3/t21-/m0/s1. The molecule has 3 aromatic rings. The highest BCUT2D eigenvalue weighted by atomic mass is 16.5. The first-order chi connectivity index (χ1) is 15.9. The predicted molar refractivity (Wildman–Crippen MR) is 126 cm³/mol. The molecule has 4 rings (SSSR count). The van der Waals surface area contributed by atoms with Crippen LogP contribution in [-0.2, 0) is 0 Å². The van der Waals surface area contributed by atoms with Crippen LogP contribution in [0.3, 0.4) is 0 Å². The topological polar surface area (TPSA) is 73.7 Å². The number of likely N-dealkylation sites (tertiary alicyclic amines) is 1. The summed E-state index contributed by atoms with van der Waals surface area (Å²) in [5.41, 5.74) is 3.95. The molecule has 172 valence electrons. The first-order valence-electron chi connectivity index (χ1n) is 11.1. The van der Waals surface area contributed by atoms with Gasteiger partial charge in [0.05, 0.1) is 25.6 Å². The Kier molecular flexibility index (Phi) is 6.49. The van der Waals surface area contributed by atoms with Crippen LogP contribution in [0.2, 0.25) is 0 Å². The number of Topliss-reactive ketones (excluding diaryl/α,β-unsaturated/α-hetero) is 1. The van der Waals surface area contributed by atoms with Gasteiger partial charge < -0.3 is 14.4 Å². The van der Waals surface area contributed by atoms with Gasteiger partial charge in [-0.3, -0.25) is 9.59 Å². The van der Waals surface area contributed by atoms with Gasteiger partial charge in [0, 0.05) is 35.8 Å². The third-order valence-corrected chi connectivity index (χ3v) is 6.09. The fourth-order valence-electron chi connectivity index (χ4n) is 4.44. The third-order valence-electron chi connectivity index (χ3n) is 6.09. The lowest BCUT2D eigenvalue weighted by atomic mass is 9.89. The minimum Gasteiger partial charge on any atom is -0.493 e. The summed E-state index contributed by atoms with van der Waals surface area (Å²) in [4.78, 5) is 28.3. The van der Waals surface area contributed by atoms with E-state index in [0.717, 1.165) is 29.9 Å². The van der Waals surface area contributed by atoms with Crippen molar-refractivity contribution >= 4 is 11.7 Å². The summed E-state index contributed by atoms with van der Waals surface area (Å²) in [6.45, 7) is 4.97. The first kappa shape index (κ1) is 22.6. The molecule has 2 aromatic carbocycles. The zero-order valence-corrected chi connectivity index (χ0v) is 19.5. The van der Waals surface area contributed by atoms with Crippen LogP contribution < -0.4 is 9.47 Å². The van der Waals surface area contributed by atoms with Gasteiger partial charge in [-0.15, -0.1) is 0 Å². The molecule has 7 heteroatoms. The van der Waals surface area contributed by atoms with Crippen molar-refractivity contribution < 1.29 is 19.1 Å². The quantitative estimate of drug-likeness (QED) is 0.529. The van der Waals surface area contributed by atoms with E-state index in [1.807, 2.05) is 48.9 Å². The van der Waals surface area contributed by atoms with Gasteiger partial charge >= 0.3 is 0 Å². The summed E-state index contributed by atoms with van der Waals surface area (Å²) >= 11 is 0. The van der Waals surface area contributed by atoms with Crippen molar-refractivity contribution in [1.82, 2.24) is 14.7 Å². The van der Waals surface area contributed by atoms with E-state index < -0.39 is 0 Å². The number of aryl methyl sites for hydroxylation is 2. The summed E-state index contributed by atoms with van der Waals surface area (Å²) in [5.74, 6) is 0.804. The van der Waals surface area contributed by atoms with E-state index in [1.165, 1.54) is 0 Å². The second kappa shape index (κ2) is 9.48. The van der Waals surface area contributed by atoms with Crippen molar-refractivity contribution in [3.05, 3.63) is 71.0 Å². The number of aromatic nitrogens is 2. The smallest absolute Gasteiger partial charge is 0.253 e. The number of methoxy groups -OCH3 is 2. The maximum Gasteiger partial charge on any atom is 0.253 e. The number of benzene rings is 2. The summed E-state index contributed by atoms with van der Waals surface area (Å²) in [6, 6.07) is 14.7. The lowest BCUT2D eigenvalue weighted by Crippen LogP contribution is -2.42. The number of carbonyl (C=O) groups excluding carboxylic acids is 2. The van der Waals surface area contributed by atoms with Crippen molar-refractivity contribution in [2.75, 3.05) is 27.3 Å². The van der Waals surface area contributed by atoms with Gasteiger partial charge in [0.1, 0.15) is 0 Å². The van der Waals surface area contributed by atoms with Crippen molar-refractivity contribution in [2.45, 2.75) is 26.7 Å². The Morgan fingerprint density at radius 3 is 2.45 bits per heavy atom. The highest BCUT2D eigenvalue weighted by Gasteiger charge is 2.30. The minimum absolute atomic E-state index is 0.0184. The molecule has 1 fully saturated rings. The molecule has 1 atom stereocenters. The summed E-state index contributed by atoms with van der Waals surface area (Å²) in [5, 5.41) is 4.52. The Morgan fingerprint density at radius 2 is 1.76 bits per heavy atom. The largest absolute Gasteiger partial charge is 0.493 e. The van der Waals surface area contributed by atoms with E-state index in [4.69, 9.17) is 9.47 Å². The molecular weight excluding hydrogens is 418 g/mol. The average Bonchev–Trinajstić information content (AvgIpc) is 3.20. The Morgan fingerprint density at radius 1 is 0.970 bits per heavy atom. The number of ketones is 1. The lowest BCUT2D eigenvalue weighted by Gasteiger charge is -2.32. The maximum atomic E-state index is 13.3. The molecule has 33 heavy (non-hydrogen) atoms. The van der Waals surface area contributed by atoms with Gasteiger partial charge in [0.25, 0.3) is 5.91 Å². The SMILES string of the molecule is COc1ccc(C(=O)[C@H]2CCCN(C(=O)c3cccc(-n4nc(C)cc4C)c3)C2)cc1OC. The Hall–Kier alpha value is -3.61. The number of rotatable bonds is 6. The molecule has 0 spiro atoms. The fourth-order valence-corrected chi connectivity index (χ4v) is 4.44. The van der Waals surface area contributed by atoms with Crippen molar-refractivity contribution in [2.24, 2.45) is 5.92 Å². The molecule has 0 N–H and O–H groups in total. The maximum absolute atomic E-state index is 13.3. The van der Waals surface area contributed by atoms with Crippen molar-refractivity contribution in [3.63, 3.8) is 0 Å². The van der Waals surface area contributed by atoms with Gasteiger partial charge in [-0.05, 0) is 69.2 Å². The molecule has 1 aliphatic heterocycles. The molecule has 2 heterocycles. The second-order valence-electron chi connectivity index (χ2n) is 8.41. The van der Waals surface area contributed by atoms with Crippen LogP contribution in [0.4, 0.5) is 0 Å².